The van der Waals surface area contributed by atoms with E-state index in [1.54, 1.807) is 24.3 Å². The maximum atomic E-state index is 14.5. The molecule has 2 aromatic carbocycles. The number of benzene rings is 2. The maximum Gasteiger partial charge on any atom is 0.343 e. The lowest BCUT2D eigenvalue weighted by atomic mass is 10.1. The number of aromatic nitrogens is 2. The van der Waals surface area contributed by atoms with E-state index in [-0.39, 0.29) is 5.75 Å². The van der Waals surface area contributed by atoms with Crippen LogP contribution in [0.2, 0.25) is 0 Å². The molecule has 1 aromatic heterocycles. The van der Waals surface area contributed by atoms with Crippen LogP contribution >= 0.6 is 0 Å². The second-order valence-corrected chi connectivity index (χ2v) is 8.41. The summed E-state index contributed by atoms with van der Waals surface area (Å²) < 4.78 is 19.8. The molecule has 174 valence electrons. The van der Waals surface area contributed by atoms with Gasteiger partial charge in [-0.1, -0.05) is 64.2 Å². The van der Waals surface area contributed by atoms with E-state index in [2.05, 4.69) is 23.8 Å². The van der Waals surface area contributed by atoms with Crippen molar-refractivity contribution in [1.82, 2.24) is 9.97 Å². The Morgan fingerprint density at radius 1 is 0.818 bits per heavy atom. The Morgan fingerprint density at radius 3 is 2.15 bits per heavy atom. The van der Waals surface area contributed by atoms with Gasteiger partial charge in [0, 0.05) is 18.0 Å². The van der Waals surface area contributed by atoms with Gasteiger partial charge in [-0.25, -0.2) is 19.2 Å². The number of nitrogens with zero attached hydrogens (tertiary/aromatic N) is 2. The van der Waals surface area contributed by atoms with E-state index in [1.165, 1.54) is 31.4 Å². The van der Waals surface area contributed by atoms with Crippen LogP contribution in [-0.4, -0.2) is 15.9 Å². The van der Waals surface area contributed by atoms with E-state index in [0.717, 1.165) is 55.2 Å². The van der Waals surface area contributed by atoms with Crippen molar-refractivity contribution in [1.29, 1.82) is 0 Å². The van der Waals surface area contributed by atoms with Crippen LogP contribution in [0.25, 0.3) is 11.4 Å². The first kappa shape index (κ1) is 24.6. The molecule has 0 unspecified atom stereocenters. The smallest absolute Gasteiger partial charge is 0.343 e. The van der Waals surface area contributed by atoms with E-state index >= 15 is 0 Å². The van der Waals surface area contributed by atoms with Gasteiger partial charge in [0.1, 0.15) is 0 Å². The molecule has 0 aliphatic rings. The van der Waals surface area contributed by atoms with Crippen LogP contribution in [0, 0.1) is 5.82 Å². The zero-order valence-corrected chi connectivity index (χ0v) is 19.6. The fourth-order valence-corrected chi connectivity index (χ4v) is 3.64. The Bertz CT molecular complexity index is 1020. The summed E-state index contributed by atoms with van der Waals surface area (Å²) in [5.74, 6) is -0.553. The van der Waals surface area contributed by atoms with Crippen LogP contribution in [0.3, 0.4) is 0 Å². The van der Waals surface area contributed by atoms with Crippen LogP contribution in [0.5, 0.6) is 5.75 Å². The van der Waals surface area contributed by atoms with Crippen LogP contribution in [0.1, 0.15) is 80.3 Å². The monoisotopic (exact) mass is 448 g/mol. The molecule has 0 atom stereocenters. The number of carbonyl (C=O) groups excluding carboxylic acids is 1. The summed E-state index contributed by atoms with van der Waals surface area (Å²) in [6.45, 7) is 4.34. The fourth-order valence-electron chi connectivity index (χ4n) is 3.64. The molecule has 0 aliphatic heterocycles. The first-order chi connectivity index (χ1) is 16.1. The third-order valence-electron chi connectivity index (χ3n) is 5.67. The minimum atomic E-state index is -0.594. The highest BCUT2D eigenvalue weighted by molar-refractivity contribution is 5.91. The molecule has 3 rings (SSSR count). The molecule has 0 fully saturated rings. The zero-order chi connectivity index (χ0) is 23.5. The summed E-state index contributed by atoms with van der Waals surface area (Å²) in [6, 6.07) is 11.7. The van der Waals surface area contributed by atoms with Crippen molar-refractivity contribution in [3.8, 4) is 17.1 Å². The summed E-state index contributed by atoms with van der Waals surface area (Å²) in [5.41, 5.74) is 3.19. The fraction of sp³-hybridized carbons (Fsp3) is 0.393. The zero-order valence-electron chi connectivity index (χ0n) is 19.6. The normalized spacial score (nSPS) is 10.9. The molecule has 5 heteroatoms. The van der Waals surface area contributed by atoms with Gasteiger partial charge in [0.15, 0.2) is 17.4 Å². The average molecular weight is 449 g/mol. The third-order valence-corrected chi connectivity index (χ3v) is 5.67. The highest BCUT2D eigenvalue weighted by Gasteiger charge is 2.13. The van der Waals surface area contributed by atoms with Gasteiger partial charge in [-0.05, 0) is 61.1 Å². The molecule has 0 saturated heterocycles. The predicted molar refractivity (Wildman–Crippen MR) is 130 cm³/mol. The average Bonchev–Trinajstić information content (AvgIpc) is 2.84. The molecule has 0 aliphatic carbocycles. The predicted octanol–water partition coefficient (Wildman–Crippen LogP) is 7.36. The van der Waals surface area contributed by atoms with E-state index in [4.69, 9.17) is 4.74 Å². The van der Waals surface area contributed by atoms with Crippen molar-refractivity contribution >= 4 is 5.97 Å². The minimum absolute atomic E-state index is 0.0511. The van der Waals surface area contributed by atoms with Crippen molar-refractivity contribution in [3.05, 3.63) is 77.4 Å². The minimum Gasteiger partial charge on any atom is -0.420 e. The summed E-state index contributed by atoms with van der Waals surface area (Å²) in [7, 11) is 0. The first-order valence-electron chi connectivity index (χ1n) is 12.0. The summed E-state index contributed by atoms with van der Waals surface area (Å²) in [6.07, 6.45) is 13.6. The molecule has 0 N–H and O–H groups in total. The van der Waals surface area contributed by atoms with Gasteiger partial charge in [0.25, 0.3) is 0 Å². The molecule has 0 radical (unpaired) electrons. The van der Waals surface area contributed by atoms with Crippen molar-refractivity contribution in [3.63, 3.8) is 0 Å². The Kier molecular flexibility index (Phi) is 9.55. The van der Waals surface area contributed by atoms with Gasteiger partial charge in [-0.15, -0.1) is 0 Å². The Morgan fingerprint density at radius 2 is 1.48 bits per heavy atom. The highest BCUT2D eigenvalue weighted by Crippen LogP contribution is 2.22. The summed E-state index contributed by atoms with van der Waals surface area (Å²) >= 11 is 0. The lowest BCUT2D eigenvalue weighted by molar-refractivity contribution is 0.0728. The van der Waals surface area contributed by atoms with Crippen molar-refractivity contribution in [2.24, 2.45) is 0 Å². The number of ether oxygens (including phenoxy) is 1. The molecule has 0 spiro atoms. The number of esters is 1. The number of halogens is 1. The standard InChI is InChI=1S/C28H33FN2O2/c1-3-5-7-8-9-11-21-12-17-26(25(29)18-21)33-28(32)24-15-13-23(14-16-24)27-30-19-22(20-31-27)10-6-4-2/h12-20H,3-11H2,1-2H3. The topological polar surface area (TPSA) is 52.1 Å². The Balaban J connectivity index is 1.57. The Labute approximate surface area is 196 Å². The van der Waals surface area contributed by atoms with Crippen molar-refractivity contribution in [2.75, 3.05) is 0 Å². The van der Waals surface area contributed by atoms with E-state index < -0.39 is 11.8 Å². The lowest BCUT2D eigenvalue weighted by Gasteiger charge is -2.08. The molecular weight excluding hydrogens is 415 g/mol. The largest absolute Gasteiger partial charge is 0.420 e. The number of hydrogen-bond donors (Lipinski definition) is 0. The van der Waals surface area contributed by atoms with Crippen molar-refractivity contribution in [2.45, 2.75) is 71.6 Å². The SMILES string of the molecule is CCCCCCCc1ccc(OC(=O)c2ccc(-c3ncc(CCCC)cn3)cc2)c(F)c1. The Hall–Kier alpha value is -3.08. The third kappa shape index (κ3) is 7.48. The number of rotatable bonds is 12. The van der Waals surface area contributed by atoms with Gasteiger partial charge in [0.05, 0.1) is 5.56 Å². The number of unbranched alkanes of at least 4 members (excludes halogenated alkanes) is 5. The highest BCUT2D eigenvalue weighted by atomic mass is 19.1. The maximum absolute atomic E-state index is 14.5. The first-order valence-corrected chi connectivity index (χ1v) is 12.0. The molecule has 33 heavy (non-hydrogen) atoms. The van der Waals surface area contributed by atoms with Gasteiger partial charge in [-0.2, -0.15) is 0 Å². The summed E-state index contributed by atoms with van der Waals surface area (Å²) in [5, 5.41) is 0. The number of hydrogen-bond acceptors (Lipinski definition) is 4. The molecule has 1 heterocycles. The van der Waals surface area contributed by atoms with Gasteiger partial charge >= 0.3 is 5.97 Å². The quantitative estimate of drug-likeness (QED) is 0.165. The van der Waals surface area contributed by atoms with Gasteiger partial charge in [-0.3, -0.25) is 0 Å². The number of carbonyl (C=O) groups is 1. The molecule has 0 amide bonds. The van der Waals surface area contributed by atoms with Gasteiger partial charge < -0.3 is 4.74 Å². The van der Waals surface area contributed by atoms with Gasteiger partial charge in [0.2, 0.25) is 0 Å². The van der Waals surface area contributed by atoms with Crippen LogP contribution < -0.4 is 4.74 Å². The molecule has 0 saturated carbocycles. The van der Waals surface area contributed by atoms with E-state index in [1.807, 2.05) is 18.5 Å². The summed E-state index contributed by atoms with van der Waals surface area (Å²) in [4.78, 5) is 21.3. The number of aryl methyl sites for hydroxylation is 2. The van der Waals surface area contributed by atoms with Crippen LogP contribution in [0.15, 0.2) is 54.9 Å². The molecule has 4 nitrogen and oxygen atoms in total. The molecule has 0 bridgehead atoms. The molecule has 3 aromatic rings. The second-order valence-electron chi connectivity index (χ2n) is 8.41. The second kappa shape index (κ2) is 12.8. The van der Waals surface area contributed by atoms with Crippen LogP contribution in [0.4, 0.5) is 4.39 Å². The molecular formula is C28H33FN2O2. The van der Waals surface area contributed by atoms with E-state index in [0.29, 0.717) is 11.4 Å². The van der Waals surface area contributed by atoms with Crippen LogP contribution in [-0.2, 0) is 12.8 Å². The van der Waals surface area contributed by atoms with Crippen molar-refractivity contribution < 1.29 is 13.9 Å². The van der Waals surface area contributed by atoms with E-state index in [9.17, 15) is 9.18 Å². The lowest BCUT2D eigenvalue weighted by Crippen LogP contribution is -2.09.